The number of hydrogen-bond acceptors (Lipinski definition) is 1. The van der Waals surface area contributed by atoms with Crippen molar-refractivity contribution in [2.45, 2.75) is 11.5 Å². The van der Waals surface area contributed by atoms with Crippen LogP contribution in [0.2, 0.25) is 0 Å². The molecule has 20 heavy (non-hydrogen) atoms. The number of rotatable bonds is 3. The molecule has 2 aromatic carbocycles. The van der Waals surface area contributed by atoms with Gasteiger partial charge in [-0.1, -0.05) is 34.1 Å². The molecule has 6 heteroatoms. The van der Waals surface area contributed by atoms with Gasteiger partial charge < -0.3 is 4.74 Å². The van der Waals surface area contributed by atoms with Crippen LogP contribution in [0.3, 0.4) is 0 Å². The Labute approximate surface area is 121 Å². The summed E-state index contributed by atoms with van der Waals surface area (Å²) in [7, 11) is 0. The molecule has 0 radical (unpaired) electrons. The molecule has 0 spiro atoms. The van der Waals surface area contributed by atoms with Crippen molar-refractivity contribution in [1.29, 1.82) is 0 Å². The minimum absolute atomic E-state index is 0.0628. The molecular weight excluding hydrogens is 340 g/mol. The highest BCUT2D eigenvalue weighted by atomic mass is 79.9. The lowest BCUT2D eigenvalue weighted by Crippen LogP contribution is -2.08. The average Bonchev–Trinajstić information content (AvgIpc) is 2.40. The fraction of sp³-hybridized carbons (Fsp3) is 0.143. The van der Waals surface area contributed by atoms with Crippen molar-refractivity contribution in [2.24, 2.45) is 0 Å². The summed E-state index contributed by atoms with van der Waals surface area (Å²) in [6.45, 7) is 0. The van der Waals surface area contributed by atoms with Gasteiger partial charge in [0.15, 0.2) is 11.6 Å². The van der Waals surface area contributed by atoms with E-state index in [1.807, 2.05) is 0 Å². The number of benzene rings is 2. The zero-order chi connectivity index (χ0) is 14.8. The van der Waals surface area contributed by atoms with E-state index in [4.69, 9.17) is 4.74 Å². The zero-order valence-electron chi connectivity index (χ0n) is 10.0. The van der Waals surface area contributed by atoms with Crippen LogP contribution >= 0.6 is 15.9 Å². The lowest BCUT2D eigenvalue weighted by atomic mass is 10.1. The molecule has 0 aliphatic heterocycles. The normalized spacial score (nSPS) is 11.4. The largest absolute Gasteiger partial charge is 0.454 e. The molecule has 0 aliphatic carbocycles. The second kappa shape index (κ2) is 5.83. The van der Waals surface area contributed by atoms with Crippen LogP contribution in [0.1, 0.15) is 11.1 Å². The van der Waals surface area contributed by atoms with E-state index in [0.29, 0.717) is 0 Å². The van der Waals surface area contributed by atoms with Gasteiger partial charge in [0.05, 0.1) is 5.56 Å². The zero-order valence-corrected chi connectivity index (χ0v) is 11.6. The van der Waals surface area contributed by atoms with Crippen molar-refractivity contribution >= 4 is 15.9 Å². The smallest absolute Gasteiger partial charge is 0.416 e. The number of ether oxygens (including phenoxy) is 1. The molecule has 0 heterocycles. The summed E-state index contributed by atoms with van der Waals surface area (Å²) in [6.07, 6.45) is -4.49. The van der Waals surface area contributed by atoms with E-state index in [2.05, 4.69) is 15.9 Å². The lowest BCUT2D eigenvalue weighted by molar-refractivity contribution is -0.138. The van der Waals surface area contributed by atoms with Gasteiger partial charge in [0.25, 0.3) is 0 Å². The van der Waals surface area contributed by atoms with Gasteiger partial charge >= 0.3 is 6.18 Å². The monoisotopic (exact) mass is 348 g/mol. The molecule has 0 aromatic heterocycles. The minimum Gasteiger partial charge on any atom is -0.454 e. The van der Waals surface area contributed by atoms with Gasteiger partial charge in [-0.15, -0.1) is 0 Å². The van der Waals surface area contributed by atoms with Crippen molar-refractivity contribution in [1.82, 2.24) is 0 Å². The van der Waals surface area contributed by atoms with E-state index in [-0.39, 0.29) is 22.4 Å². The summed E-state index contributed by atoms with van der Waals surface area (Å²) >= 11 is 3.00. The van der Waals surface area contributed by atoms with Crippen LogP contribution in [0.4, 0.5) is 17.6 Å². The van der Waals surface area contributed by atoms with E-state index in [1.54, 1.807) is 0 Å². The van der Waals surface area contributed by atoms with Crippen molar-refractivity contribution in [2.75, 3.05) is 0 Å². The Hall–Kier alpha value is -1.56. The van der Waals surface area contributed by atoms with E-state index in [0.717, 1.165) is 6.07 Å². The predicted molar refractivity (Wildman–Crippen MR) is 70.5 cm³/mol. The lowest BCUT2D eigenvalue weighted by Gasteiger charge is -2.14. The summed E-state index contributed by atoms with van der Waals surface area (Å²) < 4.78 is 57.2. The SMILES string of the molecule is Fc1ccccc1Oc1ccc(CBr)c(C(F)(F)F)c1. The van der Waals surface area contributed by atoms with Gasteiger partial charge in [-0.25, -0.2) is 4.39 Å². The van der Waals surface area contributed by atoms with Crippen LogP contribution in [0.25, 0.3) is 0 Å². The third-order valence-corrected chi connectivity index (χ3v) is 3.20. The topological polar surface area (TPSA) is 9.23 Å². The first-order chi connectivity index (χ1) is 9.41. The molecule has 0 saturated heterocycles. The van der Waals surface area contributed by atoms with Crippen molar-refractivity contribution in [3.63, 3.8) is 0 Å². The van der Waals surface area contributed by atoms with Gasteiger partial charge in [-0.3, -0.25) is 0 Å². The highest BCUT2D eigenvalue weighted by Crippen LogP contribution is 2.36. The van der Waals surface area contributed by atoms with Crippen LogP contribution in [-0.2, 0) is 11.5 Å². The molecule has 0 aliphatic rings. The van der Waals surface area contributed by atoms with Crippen LogP contribution in [0.15, 0.2) is 42.5 Å². The Morgan fingerprint density at radius 3 is 2.35 bits per heavy atom. The molecule has 106 valence electrons. The first-order valence-corrected chi connectivity index (χ1v) is 6.72. The van der Waals surface area contributed by atoms with Crippen molar-refractivity contribution in [3.8, 4) is 11.5 Å². The molecule has 0 fully saturated rings. The fourth-order valence-electron chi connectivity index (χ4n) is 1.65. The standard InChI is InChI=1S/C14H9BrF4O/c15-8-9-5-6-10(7-11(9)14(17,18)19)20-13-4-2-1-3-12(13)16/h1-7H,8H2. The van der Waals surface area contributed by atoms with Crippen molar-refractivity contribution < 1.29 is 22.3 Å². The third kappa shape index (κ3) is 3.30. The van der Waals surface area contributed by atoms with Gasteiger partial charge in [-0.05, 0) is 29.8 Å². The van der Waals surface area contributed by atoms with Crippen LogP contribution in [0, 0.1) is 5.82 Å². The minimum atomic E-state index is -4.49. The number of halogens is 5. The highest BCUT2D eigenvalue weighted by Gasteiger charge is 2.33. The maximum absolute atomic E-state index is 13.4. The molecular formula is C14H9BrF4O. The summed E-state index contributed by atoms with van der Waals surface area (Å²) in [5.74, 6) is -0.815. The molecule has 0 saturated carbocycles. The van der Waals surface area contributed by atoms with E-state index in [1.165, 1.54) is 36.4 Å². The van der Waals surface area contributed by atoms with Gasteiger partial charge in [0.1, 0.15) is 5.75 Å². The quantitative estimate of drug-likeness (QED) is 0.523. The maximum Gasteiger partial charge on any atom is 0.416 e. The van der Waals surface area contributed by atoms with Crippen molar-refractivity contribution in [3.05, 3.63) is 59.4 Å². The van der Waals surface area contributed by atoms with Gasteiger partial charge in [-0.2, -0.15) is 13.2 Å². The fourth-order valence-corrected chi connectivity index (χ4v) is 2.14. The Kier molecular flexibility index (Phi) is 4.32. The molecule has 0 amide bonds. The van der Waals surface area contributed by atoms with Crippen LogP contribution in [-0.4, -0.2) is 0 Å². The molecule has 0 bridgehead atoms. The summed E-state index contributed by atoms with van der Waals surface area (Å²) in [4.78, 5) is 0. The van der Waals surface area contributed by atoms with Crippen LogP contribution in [0.5, 0.6) is 11.5 Å². The average molecular weight is 349 g/mol. The van der Waals surface area contributed by atoms with Crippen LogP contribution < -0.4 is 4.74 Å². The first kappa shape index (κ1) is 14.8. The second-order valence-electron chi connectivity index (χ2n) is 3.98. The first-order valence-electron chi connectivity index (χ1n) is 5.60. The number of hydrogen-bond donors (Lipinski definition) is 0. The summed E-state index contributed by atoms with van der Waals surface area (Å²) in [5.41, 5.74) is -0.707. The third-order valence-electron chi connectivity index (χ3n) is 2.60. The van der Waals surface area contributed by atoms with E-state index in [9.17, 15) is 17.6 Å². The summed E-state index contributed by atoms with van der Waals surface area (Å²) in [5, 5.41) is 0.0713. The molecule has 2 aromatic rings. The van der Waals surface area contributed by atoms with Gasteiger partial charge in [0.2, 0.25) is 0 Å². The molecule has 0 N–H and O–H groups in total. The Morgan fingerprint density at radius 2 is 1.75 bits per heavy atom. The Balaban J connectivity index is 2.37. The Bertz CT molecular complexity index is 610. The number of alkyl halides is 4. The Morgan fingerprint density at radius 1 is 1.05 bits per heavy atom. The molecule has 2 rings (SSSR count). The van der Waals surface area contributed by atoms with Gasteiger partial charge in [0, 0.05) is 5.33 Å². The van der Waals surface area contributed by atoms with E-state index < -0.39 is 17.6 Å². The number of para-hydroxylation sites is 1. The second-order valence-corrected chi connectivity index (χ2v) is 4.54. The molecule has 0 atom stereocenters. The molecule has 0 unspecified atom stereocenters. The molecule has 1 nitrogen and oxygen atoms in total. The van der Waals surface area contributed by atoms with E-state index >= 15 is 0 Å². The highest BCUT2D eigenvalue weighted by molar-refractivity contribution is 9.08. The maximum atomic E-state index is 13.4. The predicted octanol–water partition coefficient (Wildman–Crippen LogP) is 5.53. The summed E-state index contributed by atoms with van der Waals surface area (Å²) in [6, 6.07) is 9.07.